The van der Waals surface area contributed by atoms with Gasteiger partial charge in [-0.15, -0.1) is 0 Å². The summed E-state index contributed by atoms with van der Waals surface area (Å²) in [7, 11) is 0. The van der Waals surface area contributed by atoms with Crippen LogP contribution in [0.25, 0.3) is 0 Å². The number of nitrogens with zero attached hydrogens (tertiary/aromatic N) is 1. The van der Waals surface area contributed by atoms with E-state index in [9.17, 15) is 0 Å². The van der Waals surface area contributed by atoms with Gasteiger partial charge in [-0.05, 0) is 30.0 Å². The molecule has 3 heteroatoms. The molecule has 2 nitrogen and oxygen atoms in total. The van der Waals surface area contributed by atoms with Crippen molar-refractivity contribution >= 4 is 15.9 Å². The van der Waals surface area contributed by atoms with E-state index in [4.69, 9.17) is 0 Å². The maximum Gasteiger partial charge on any atom is 0.0237 e. The van der Waals surface area contributed by atoms with Gasteiger partial charge in [0.05, 0.1) is 0 Å². The maximum absolute atomic E-state index is 3.70. The van der Waals surface area contributed by atoms with Crippen LogP contribution in [0.15, 0.2) is 28.7 Å². The third-order valence-electron chi connectivity index (χ3n) is 4.14. The SMILES string of the molecule is CCC1CNC(C(C)C)CN1Cc1ccc(Br)cc1. The molecule has 2 unspecified atom stereocenters. The molecule has 0 spiro atoms. The van der Waals surface area contributed by atoms with Crippen molar-refractivity contribution in [2.24, 2.45) is 5.92 Å². The fraction of sp³-hybridized carbons (Fsp3) is 0.625. The molecule has 2 rings (SSSR count). The molecule has 1 saturated heterocycles. The molecule has 0 amide bonds. The fourth-order valence-corrected chi connectivity index (χ4v) is 3.01. The normalized spacial score (nSPS) is 24.9. The molecule has 0 aliphatic carbocycles. The number of hydrogen-bond acceptors (Lipinski definition) is 2. The van der Waals surface area contributed by atoms with Crippen LogP contribution in [0.1, 0.15) is 32.8 Å². The smallest absolute Gasteiger partial charge is 0.0237 e. The highest BCUT2D eigenvalue weighted by Crippen LogP contribution is 2.19. The molecule has 1 aliphatic rings. The van der Waals surface area contributed by atoms with Crippen LogP contribution in [0, 0.1) is 5.92 Å². The first-order valence-corrected chi connectivity index (χ1v) is 8.11. The summed E-state index contributed by atoms with van der Waals surface area (Å²) in [6.07, 6.45) is 1.22. The highest BCUT2D eigenvalue weighted by Gasteiger charge is 2.28. The Morgan fingerprint density at radius 3 is 2.58 bits per heavy atom. The molecular formula is C16H25BrN2. The van der Waals surface area contributed by atoms with E-state index in [2.05, 4.69) is 71.2 Å². The second kappa shape index (κ2) is 6.87. The van der Waals surface area contributed by atoms with E-state index < -0.39 is 0 Å². The van der Waals surface area contributed by atoms with Gasteiger partial charge in [-0.3, -0.25) is 4.90 Å². The van der Waals surface area contributed by atoms with Crippen molar-refractivity contribution in [1.82, 2.24) is 10.2 Å². The lowest BCUT2D eigenvalue weighted by molar-refractivity contribution is 0.103. The topological polar surface area (TPSA) is 15.3 Å². The molecule has 0 saturated carbocycles. The van der Waals surface area contributed by atoms with Gasteiger partial charge in [0.15, 0.2) is 0 Å². The van der Waals surface area contributed by atoms with Crippen molar-refractivity contribution < 1.29 is 0 Å². The zero-order chi connectivity index (χ0) is 13.8. The number of rotatable bonds is 4. The van der Waals surface area contributed by atoms with Crippen LogP contribution in [0.5, 0.6) is 0 Å². The molecular weight excluding hydrogens is 300 g/mol. The van der Waals surface area contributed by atoms with E-state index in [1.807, 2.05) is 0 Å². The average Bonchev–Trinajstić information content (AvgIpc) is 2.41. The van der Waals surface area contributed by atoms with Crippen molar-refractivity contribution in [2.45, 2.75) is 45.8 Å². The summed E-state index contributed by atoms with van der Waals surface area (Å²) in [6, 6.07) is 10.0. The highest BCUT2D eigenvalue weighted by atomic mass is 79.9. The van der Waals surface area contributed by atoms with Gasteiger partial charge in [0.25, 0.3) is 0 Å². The van der Waals surface area contributed by atoms with Crippen molar-refractivity contribution in [3.63, 3.8) is 0 Å². The van der Waals surface area contributed by atoms with Gasteiger partial charge in [0, 0.05) is 36.2 Å². The standard InChI is InChI=1S/C16H25BrN2/c1-4-15-9-18-16(12(2)3)11-19(15)10-13-5-7-14(17)8-6-13/h5-8,12,15-16,18H,4,9-11H2,1-3H3. The van der Waals surface area contributed by atoms with Gasteiger partial charge in [-0.1, -0.05) is 48.8 Å². The van der Waals surface area contributed by atoms with Gasteiger partial charge >= 0.3 is 0 Å². The minimum atomic E-state index is 0.623. The Labute approximate surface area is 125 Å². The molecule has 1 aromatic rings. The predicted octanol–water partition coefficient (Wildman–Crippen LogP) is 3.66. The first-order chi connectivity index (χ1) is 9.10. The van der Waals surface area contributed by atoms with E-state index >= 15 is 0 Å². The maximum atomic E-state index is 3.70. The van der Waals surface area contributed by atoms with Crippen LogP contribution < -0.4 is 5.32 Å². The lowest BCUT2D eigenvalue weighted by Gasteiger charge is -2.41. The summed E-state index contributed by atoms with van der Waals surface area (Å²) in [4.78, 5) is 2.64. The molecule has 1 aliphatic heterocycles. The second-order valence-electron chi connectivity index (χ2n) is 5.88. The van der Waals surface area contributed by atoms with E-state index in [0.717, 1.165) is 24.1 Å². The molecule has 1 fully saturated rings. The molecule has 0 aromatic heterocycles. The van der Waals surface area contributed by atoms with E-state index in [1.165, 1.54) is 12.0 Å². The Bertz CT molecular complexity index is 388. The number of halogens is 1. The monoisotopic (exact) mass is 324 g/mol. The molecule has 0 bridgehead atoms. The Kier molecular flexibility index (Phi) is 5.43. The van der Waals surface area contributed by atoms with Gasteiger partial charge in [0.1, 0.15) is 0 Å². The summed E-state index contributed by atoms with van der Waals surface area (Å²) < 4.78 is 1.16. The molecule has 1 N–H and O–H groups in total. The third kappa shape index (κ3) is 4.04. The zero-order valence-corrected chi connectivity index (χ0v) is 13.8. The predicted molar refractivity (Wildman–Crippen MR) is 85.3 cm³/mol. The largest absolute Gasteiger partial charge is 0.311 e. The van der Waals surface area contributed by atoms with Gasteiger partial charge in [0.2, 0.25) is 0 Å². The van der Waals surface area contributed by atoms with Crippen LogP contribution in [-0.2, 0) is 6.54 Å². The molecule has 0 radical (unpaired) electrons. The van der Waals surface area contributed by atoms with Gasteiger partial charge < -0.3 is 5.32 Å². The fourth-order valence-electron chi connectivity index (χ4n) is 2.75. The number of piperazine rings is 1. The lowest BCUT2D eigenvalue weighted by atomic mass is 9.98. The third-order valence-corrected chi connectivity index (χ3v) is 4.67. The summed E-state index contributed by atoms with van der Waals surface area (Å²) >= 11 is 3.50. The van der Waals surface area contributed by atoms with Gasteiger partial charge in [-0.2, -0.15) is 0 Å². The van der Waals surface area contributed by atoms with Crippen molar-refractivity contribution in [3.8, 4) is 0 Å². The summed E-state index contributed by atoms with van der Waals surface area (Å²) in [5.74, 6) is 0.699. The van der Waals surface area contributed by atoms with Crippen LogP contribution >= 0.6 is 15.9 Å². The molecule has 1 heterocycles. The summed E-state index contributed by atoms with van der Waals surface area (Å²) in [5, 5.41) is 3.70. The minimum Gasteiger partial charge on any atom is -0.311 e. The molecule has 106 valence electrons. The van der Waals surface area contributed by atoms with E-state index in [-0.39, 0.29) is 0 Å². The molecule has 1 aromatic carbocycles. The van der Waals surface area contributed by atoms with Crippen molar-refractivity contribution in [2.75, 3.05) is 13.1 Å². The van der Waals surface area contributed by atoms with Crippen molar-refractivity contribution in [1.29, 1.82) is 0 Å². The van der Waals surface area contributed by atoms with E-state index in [1.54, 1.807) is 0 Å². The molecule has 19 heavy (non-hydrogen) atoms. The zero-order valence-electron chi connectivity index (χ0n) is 12.2. The lowest BCUT2D eigenvalue weighted by Crippen LogP contribution is -2.57. The Balaban J connectivity index is 2.03. The Morgan fingerprint density at radius 2 is 2.00 bits per heavy atom. The first kappa shape index (κ1) is 15.0. The Hall–Kier alpha value is -0.380. The van der Waals surface area contributed by atoms with Crippen LogP contribution in [-0.4, -0.2) is 30.1 Å². The minimum absolute atomic E-state index is 0.623. The van der Waals surface area contributed by atoms with Crippen LogP contribution in [0.4, 0.5) is 0 Å². The Morgan fingerprint density at radius 1 is 1.32 bits per heavy atom. The average molecular weight is 325 g/mol. The van der Waals surface area contributed by atoms with Crippen molar-refractivity contribution in [3.05, 3.63) is 34.3 Å². The number of hydrogen-bond donors (Lipinski definition) is 1. The molecule has 2 atom stereocenters. The quantitative estimate of drug-likeness (QED) is 0.909. The van der Waals surface area contributed by atoms with Crippen LogP contribution in [0.3, 0.4) is 0 Å². The van der Waals surface area contributed by atoms with E-state index in [0.29, 0.717) is 18.0 Å². The summed E-state index contributed by atoms with van der Waals surface area (Å²) in [5.41, 5.74) is 1.41. The first-order valence-electron chi connectivity index (χ1n) is 7.32. The number of benzene rings is 1. The number of nitrogens with one attached hydrogen (secondary N) is 1. The van der Waals surface area contributed by atoms with Gasteiger partial charge in [-0.25, -0.2) is 0 Å². The highest BCUT2D eigenvalue weighted by molar-refractivity contribution is 9.10. The second-order valence-corrected chi connectivity index (χ2v) is 6.79. The van der Waals surface area contributed by atoms with Crippen LogP contribution in [0.2, 0.25) is 0 Å². The summed E-state index contributed by atoms with van der Waals surface area (Å²) in [6.45, 7) is 10.2.